The summed E-state index contributed by atoms with van der Waals surface area (Å²) < 4.78 is 5.25. The van der Waals surface area contributed by atoms with E-state index in [1.807, 2.05) is 73.8 Å². The molecule has 0 radical (unpaired) electrons. The molecular formula is C24H26N2O3S. The van der Waals surface area contributed by atoms with Crippen LogP contribution in [0.25, 0.3) is 11.1 Å². The van der Waals surface area contributed by atoms with E-state index >= 15 is 0 Å². The highest BCUT2D eigenvalue weighted by molar-refractivity contribution is 7.15. The first-order valence-corrected chi connectivity index (χ1v) is 10.8. The smallest absolute Gasteiger partial charge is 0.341 e. The topological polar surface area (TPSA) is 67.4 Å². The lowest BCUT2D eigenvalue weighted by molar-refractivity contribution is -0.115. The van der Waals surface area contributed by atoms with Crippen molar-refractivity contribution >= 4 is 28.2 Å². The molecule has 1 amide bonds. The fourth-order valence-electron chi connectivity index (χ4n) is 3.08. The minimum absolute atomic E-state index is 0.0351. The number of carbonyl (C=O) groups excluding carboxylic acids is 2. The molecule has 6 heteroatoms. The number of anilines is 1. The Labute approximate surface area is 181 Å². The summed E-state index contributed by atoms with van der Waals surface area (Å²) in [7, 11) is 0. The van der Waals surface area contributed by atoms with E-state index in [4.69, 9.17) is 4.74 Å². The summed E-state index contributed by atoms with van der Waals surface area (Å²) in [5.41, 5.74) is 4.32. The summed E-state index contributed by atoms with van der Waals surface area (Å²) >= 11 is 1.33. The molecule has 1 heterocycles. The predicted octanol–water partition coefficient (Wildman–Crippen LogP) is 5.19. The van der Waals surface area contributed by atoms with Crippen molar-refractivity contribution in [2.75, 3.05) is 18.5 Å². The van der Waals surface area contributed by atoms with E-state index in [2.05, 4.69) is 10.6 Å². The summed E-state index contributed by atoms with van der Waals surface area (Å²) in [6.07, 6.45) is 0. The highest BCUT2D eigenvalue weighted by atomic mass is 32.1. The van der Waals surface area contributed by atoms with Crippen LogP contribution in [-0.2, 0) is 9.53 Å². The number of hydrogen-bond donors (Lipinski definition) is 2. The van der Waals surface area contributed by atoms with E-state index in [1.54, 1.807) is 6.92 Å². The molecular weight excluding hydrogens is 396 g/mol. The molecule has 0 aliphatic rings. The number of aryl methyl sites for hydroxylation is 1. The molecule has 156 valence electrons. The Bertz CT molecular complexity index is 997. The van der Waals surface area contributed by atoms with Gasteiger partial charge in [-0.2, -0.15) is 0 Å². The molecule has 3 aromatic rings. The van der Waals surface area contributed by atoms with Gasteiger partial charge < -0.3 is 15.4 Å². The molecule has 0 saturated heterocycles. The molecule has 2 N–H and O–H groups in total. The van der Waals surface area contributed by atoms with Crippen LogP contribution >= 0.6 is 11.3 Å². The molecule has 0 saturated carbocycles. The van der Waals surface area contributed by atoms with Crippen LogP contribution in [0.5, 0.6) is 0 Å². The zero-order valence-corrected chi connectivity index (χ0v) is 18.2. The quantitative estimate of drug-likeness (QED) is 0.490. The number of carbonyl (C=O) groups is 2. The SMILES string of the molecule is CCOC(=O)c1c(-c2ccc(C)cc2)csc1NC(=O)CN[C@H](C)c1ccccc1. The van der Waals surface area contributed by atoms with Crippen molar-refractivity contribution < 1.29 is 14.3 Å². The molecule has 3 rings (SSSR count). The first kappa shape index (κ1) is 21.7. The van der Waals surface area contributed by atoms with Crippen LogP contribution < -0.4 is 10.6 Å². The number of rotatable bonds is 8. The van der Waals surface area contributed by atoms with Crippen LogP contribution in [0.15, 0.2) is 60.0 Å². The third kappa shape index (κ3) is 5.34. The Kier molecular flexibility index (Phi) is 7.38. The standard InChI is InChI=1S/C24H26N2O3S/c1-4-29-24(28)22-20(19-12-10-16(2)11-13-19)15-30-23(22)26-21(27)14-25-17(3)18-8-6-5-7-9-18/h5-13,15,17,25H,4,14H2,1-3H3,(H,26,27)/t17-/m1/s1. The van der Waals surface area contributed by atoms with Crippen LogP contribution in [-0.4, -0.2) is 25.0 Å². The van der Waals surface area contributed by atoms with Crippen LogP contribution in [0.1, 0.15) is 41.4 Å². The average Bonchev–Trinajstić information content (AvgIpc) is 3.17. The molecule has 5 nitrogen and oxygen atoms in total. The first-order chi connectivity index (χ1) is 14.5. The number of thiophene rings is 1. The number of hydrogen-bond acceptors (Lipinski definition) is 5. The van der Waals surface area contributed by atoms with Gasteiger partial charge in [0.2, 0.25) is 5.91 Å². The van der Waals surface area contributed by atoms with Crippen molar-refractivity contribution in [2.24, 2.45) is 0 Å². The molecule has 1 atom stereocenters. The number of amides is 1. The number of ether oxygens (including phenoxy) is 1. The second-order valence-corrected chi connectivity index (χ2v) is 7.88. The fourth-order valence-corrected chi connectivity index (χ4v) is 4.05. The number of nitrogens with one attached hydrogen (secondary N) is 2. The van der Waals surface area contributed by atoms with Gasteiger partial charge in [-0.05, 0) is 31.9 Å². The minimum Gasteiger partial charge on any atom is -0.462 e. The molecule has 1 aromatic heterocycles. The second-order valence-electron chi connectivity index (χ2n) is 7.00. The number of esters is 1. The summed E-state index contributed by atoms with van der Waals surface area (Å²) in [4.78, 5) is 25.2. The molecule has 2 aromatic carbocycles. The Hall–Kier alpha value is -2.96. The zero-order valence-electron chi connectivity index (χ0n) is 17.4. The van der Waals surface area contributed by atoms with Gasteiger partial charge in [0.1, 0.15) is 10.6 Å². The molecule has 30 heavy (non-hydrogen) atoms. The summed E-state index contributed by atoms with van der Waals surface area (Å²) in [5.74, 6) is -0.643. The van der Waals surface area contributed by atoms with Crippen LogP contribution in [0.4, 0.5) is 5.00 Å². The van der Waals surface area contributed by atoms with Gasteiger partial charge in [0.05, 0.1) is 13.2 Å². The maximum atomic E-state index is 12.6. The van der Waals surface area contributed by atoms with E-state index in [9.17, 15) is 9.59 Å². The van der Waals surface area contributed by atoms with E-state index in [0.29, 0.717) is 10.6 Å². The van der Waals surface area contributed by atoms with Crippen molar-refractivity contribution in [3.63, 3.8) is 0 Å². The Morgan fingerprint density at radius 2 is 1.77 bits per heavy atom. The minimum atomic E-state index is -0.435. The molecule has 0 bridgehead atoms. The Morgan fingerprint density at radius 3 is 2.43 bits per heavy atom. The third-order valence-corrected chi connectivity index (χ3v) is 5.65. The van der Waals surface area contributed by atoms with Crippen LogP contribution in [0, 0.1) is 6.92 Å². The first-order valence-electron chi connectivity index (χ1n) is 9.93. The van der Waals surface area contributed by atoms with Crippen LogP contribution in [0.2, 0.25) is 0 Å². The second kappa shape index (κ2) is 10.2. The molecule has 0 aliphatic heterocycles. The van der Waals surface area contributed by atoms with Gasteiger partial charge in [-0.1, -0.05) is 60.2 Å². The lowest BCUT2D eigenvalue weighted by atomic mass is 10.0. The normalized spacial score (nSPS) is 11.7. The monoisotopic (exact) mass is 422 g/mol. The zero-order chi connectivity index (χ0) is 21.5. The van der Waals surface area contributed by atoms with Gasteiger partial charge >= 0.3 is 5.97 Å². The molecule has 0 aliphatic carbocycles. The predicted molar refractivity (Wildman–Crippen MR) is 122 cm³/mol. The van der Waals surface area contributed by atoms with Crippen molar-refractivity contribution in [3.05, 3.63) is 76.7 Å². The fraction of sp³-hybridized carbons (Fsp3) is 0.250. The van der Waals surface area contributed by atoms with Crippen LogP contribution in [0.3, 0.4) is 0 Å². The highest BCUT2D eigenvalue weighted by Gasteiger charge is 2.23. The van der Waals surface area contributed by atoms with E-state index in [0.717, 1.165) is 22.3 Å². The van der Waals surface area contributed by atoms with E-state index < -0.39 is 5.97 Å². The van der Waals surface area contributed by atoms with Gasteiger partial charge in [0.25, 0.3) is 0 Å². The lowest BCUT2D eigenvalue weighted by Gasteiger charge is -2.14. The van der Waals surface area contributed by atoms with Crippen molar-refractivity contribution in [3.8, 4) is 11.1 Å². The highest BCUT2D eigenvalue weighted by Crippen LogP contribution is 2.36. The maximum Gasteiger partial charge on any atom is 0.341 e. The van der Waals surface area contributed by atoms with Crippen molar-refractivity contribution in [1.82, 2.24) is 5.32 Å². The average molecular weight is 423 g/mol. The van der Waals surface area contributed by atoms with Gasteiger partial charge in [0.15, 0.2) is 0 Å². The van der Waals surface area contributed by atoms with Gasteiger partial charge in [-0.15, -0.1) is 11.3 Å². The van der Waals surface area contributed by atoms with Gasteiger partial charge in [-0.25, -0.2) is 4.79 Å². The van der Waals surface area contributed by atoms with E-state index in [1.165, 1.54) is 11.3 Å². The Morgan fingerprint density at radius 1 is 1.07 bits per heavy atom. The third-order valence-electron chi connectivity index (χ3n) is 4.75. The summed E-state index contributed by atoms with van der Waals surface area (Å²) in [6.45, 7) is 6.19. The largest absolute Gasteiger partial charge is 0.462 e. The van der Waals surface area contributed by atoms with Gasteiger partial charge in [0, 0.05) is 17.0 Å². The van der Waals surface area contributed by atoms with Crippen molar-refractivity contribution in [2.45, 2.75) is 26.8 Å². The van der Waals surface area contributed by atoms with E-state index in [-0.39, 0.29) is 25.1 Å². The van der Waals surface area contributed by atoms with Gasteiger partial charge in [-0.3, -0.25) is 4.79 Å². The van der Waals surface area contributed by atoms with Crippen molar-refractivity contribution in [1.29, 1.82) is 0 Å². The summed E-state index contributed by atoms with van der Waals surface area (Å²) in [5, 5.41) is 8.47. The lowest BCUT2D eigenvalue weighted by Crippen LogP contribution is -2.30. The maximum absolute atomic E-state index is 12.6. The Balaban J connectivity index is 1.75. The summed E-state index contributed by atoms with van der Waals surface area (Å²) in [6, 6.07) is 17.9. The molecule has 0 unspecified atom stereocenters. The molecule has 0 fully saturated rings. The number of benzene rings is 2. The molecule has 0 spiro atoms.